The van der Waals surface area contributed by atoms with Gasteiger partial charge in [-0.25, -0.2) is 0 Å². The Labute approximate surface area is 193 Å². The first kappa shape index (κ1) is 25.7. The SMILES string of the molecule is CCN(CCNC(=NC)NCC1CC(=O)N(CCc2ccccc2)C1)C(C)C.I. The third kappa shape index (κ3) is 8.90. The van der Waals surface area contributed by atoms with Crippen molar-refractivity contribution in [1.29, 1.82) is 0 Å². The molecule has 1 aliphatic heterocycles. The van der Waals surface area contributed by atoms with Gasteiger partial charge in [-0.1, -0.05) is 37.3 Å². The van der Waals surface area contributed by atoms with E-state index in [1.54, 1.807) is 7.05 Å². The first-order valence-corrected chi connectivity index (χ1v) is 10.5. The summed E-state index contributed by atoms with van der Waals surface area (Å²) in [5.41, 5.74) is 1.28. The number of carbonyl (C=O) groups is 1. The molecule has 1 fully saturated rings. The second-order valence-corrected chi connectivity index (χ2v) is 7.75. The van der Waals surface area contributed by atoms with Crippen molar-refractivity contribution in [3.63, 3.8) is 0 Å². The van der Waals surface area contributed by atoms with E-state index in [1.165, 1.54) is 5.56 Å². The van der Waals surface area contributed by atoms with Gasteiger partial charge in [0.15, 0.2) is 5.96 Å². The number of likely N-dealkylation sites (tertiary alicyclic amines) is 1. The number of aliphatic imine (C=N–C) groups is 1. The zero-order valence-electron chi connectivity index (χ0n) is 18.4. The molecule has 0 bridgehead atoms. The van der Waals surface area contributed by atoms with Crippen LogP contribution in [0.3, 0.4) is 0 Å². The van der Waals surface area contributed by atoms with Crippen LogP contribution in [0.25, 0.3) is 0 Å². The summed E-state index contributed by atoms with van der Waals surface area (Å²) in [6.07, 6.45) is 1.54. The zero-order valence-corrected chi connectivity index (χ0v) is 20.7. The van der Waals surface area contributed by atoms with Gasteiger partial charge in [0.1, 0.15) is 0 Å². The molecule has 2 rings (SSSR count). The molecule has 0 saturated carbocycles. The quantitative estimate of drug-likeness (QED) is 0.286. The molecule has 0 aromatic heterocycles. The second kappa shape index (κ2) is 13.8. The maximum atomic E-state index is 12.3. The summed E-state index contributed by atoms with van der Waals surface area (Å²) in [4.78, 5) is 21.0. The van der Waals surface area contributed by atoms with E-state index in [-0.39, 0.29) is 29.9 Å². The normalized spacial score (nSPS) is 17.0. The summed E-state index contributed by atoms with van der Waals surface area (Å²) >= 11 is 0. The number of halogens is 1. The molecule has 1 saturated heterocycles. The Balaban J connectivity index is 0.00000420. The number of likely N-dealkylation sites (N-methyl/N-ethyl adjacent to an activating group) is 1. The molecular weight excluding hydrogens is 477 g/mol. The number of benzene rings is 1. The highest BCUT2D eigenvalue weighted by Crippen LogP contribution is 2.17. The second-order valence-electron chi connectivity index (χ2n) is 7.75. The topological polar surface area (TPSA) is 60.0 Å². The lowest BCUT2D eigenvalue weighted by Crippen LogP contribution is -2.44. The van der Waals surface area contributed by atoms with Gasteiger partial charge in [0.2, 0.25) is 5.91 Å². The number of guanidine groups is 1. The monoisotopic (exact) mass is 515 g/mol. The lowest BCUT2D eigenvalue weighted by molar-refractivity contribution is -0.127. The van der Waals surface area contributed by atoms with E-state index in [1.807, 2.05) is 23.1 Å². The van der Waals surface area contributed by atoms with Crippen LogP contribution in [0.2, 0.25) is 0 Å². The Bertz CT molecular complexity index is 623. The van der Waals surface area contributed by atoms with Crippen molar-refractivity contribution in [3.8, 4) is 0 Å². The van der Waals surface area contributed by atoms with Gasteiger partial charge in [0.05, 0.1) is 0 Å². The van der Waals surface area contributed by atoms with E-state index in [9.17, 15) is 4.79 Å². The number of carbonyl (C=O) groups excluding carboxylic acids is 1. The van der Waals surface area contributed by atoms with Crippen LogP contribution in [0.1, 0.15) is 32.8 Å². The predicted molar refractivity (Wildman–Crippen MR) is 132 cm³/mol. The van der Waals surface area contributed by atoms with Crippen LogP contribution in [0, 0.1) is 5.92 Å². The predicted octanol–water partition coefficient (Wildman–Crippen LogP) is 2.59. The fourth-order valence-electron chi connectivity index (χ4n) is 3.68. The molecule has 0 aliphatic carbocycles. The average molecular weight is 515 g/mol. The number of amides is 1. The largest absolute Gasteiger partial charge is 0.356 e. The maximum Gasteiger partial charge on any atom is 0.223 e. The van der Waals surface area contributed by atoms with E-state index < -0.39 is 0 Å². The summed E-state index contributed by atoms with van der Waals surface area (Å²) in [5.74, 6) is 1.42. The van der Waals surface area contributed by atoms with E-state index >= 15 is 0 Å². The van der Waals surface area contributed by atoms with Crippen LogP contribution in [0.5, 0.6) is 0 Å². The molecule has 1 aromatic carbocycles. The van der Waals surface area contributed by atoms with Crippen molar-refractivity contribution in [2.24, 2.45) is 10.9 Å². The first-order chi connectivity index (χ1) is 13.5. The molecule has 7 heteroatoms. The highest BCUT2D eigenvalue weighted by atomic mass is 127. The van der Waals surface area contributed by atoms with E-state index in [4.69, 9.17) is 0 Å². The van der Waals surface area contributed by atoms with E-state index in [0.29, 0.717) is 18.4 Å². The summed E-state index contributed by atoms with van der Waals surface area (Å²) in [7, 11) is 1.79. The third-order valence-electron chi connectivity index (χ3n) is 5.42. The molecule has 6 nitrogen and oxygen atoms in total. The minimum absolute atomic E-state index is 0. The number of hydrogen-bond acceptors (Lipinski definition) is 3. The molecule has 1 amide bonds. The zero-order chi connectivity index (χ0) is 20.4. The van der Waals surface area contributed by atoms with Gasteiger partial charge in [-0.3, -0.25) is 14.7 Å². The summed E-state index contributed by atoms with van der Waals surface area (Å²) in [6.45, 7) is 11.9. The minimum Gasteiger partial charge on any atom is -0.356 e. The van der Waals surface area contributed by atoms with Crippen LogP contribution in [0.4, 0.5) is 0 Å². The summed E-state index contributed by atoms with van der Waals surface area (Å²) in [5, 5.41) is 6.77. The Morgan fingerprint density at radius 2 is 2.00 bits per heavy atom. The molecule has 29 heavy (non-hydrogen) atoms. The highest BCUT2D eigenvalue weighted by molar-refractivity contribution is 14.0. The van der Waals surface area contributed by atoms with Gasteiger partial charge in [0.25, 0.3) is 0 Å². The molecule has 1 unspecified atom stereocenters. The van der Waals surface area contributed by atoms with Gasteiger partial charge < -0.3 is 15.5 Å². The molecule has 164 valence electrons. The van der Waals surface area contributed by atoms with Crippen molar-refractivity contribution in [1.82, 2.24) is 20.4 Å². The fourth-order valence-corrected chi connectivity index (χ4v) is 3.68. The smallest absolute Gasteiger partial charge is 0.223 e. The van der Waals surface area contributed by atoms with Gasteiger partial charge in [-0.05, 0) is 32.4 Å². The third-order valence-corrected chi connectivity index (χ3v) is 5.42. The standard InChI is InChI=1S/C22H37N5O.HI/c1-5-26(18(2)3)14-12-24-22(23-4)25-16-20-15-21(28)27(17-20)13-11-19-9-7-6-8-10-19;/h6-10,18,20H,5,11-17H2,1-4H3,(H2,23,24,25);1H. The first-order valence-electron chi connectivity index (χ1n) is 10.5. The lowest BCUT2D eigenvalue weighted by Gasteiger charge is -2.25. The molecule has 0 radical (unpaired) electrons. The minimum atomic E-state index is 0. The Morgan fingerprint density at radius 3 is 2.62 bits per heavy atom. The van der Waals surface area contributed by atoms with Crippen molar-refractivity contribution in [3.05, 3.63) is 35.9 Å². The highest BCUT2D eigenvalue weighted by Gasteiger charge is 2.29. The Morgan fingerprint density at radius 1 is 1.28 bits per heavy atom. The van der Waals surface area contributed by atoms with Crippen molar-refractivity contribution < 1.29 is 4.79 Å². The summed E-state index contributed by atoms with van der Waals surface area (Å²) in [6, 6.07) is 10.9. The van der Waals surface area contributed by atoms with Crippen LogP contribution in [-0.4, -0.2) is 74.0 Å². The lowest BCUT2D eigenvalue weighted by atomic mass is 10.1. The van der Waals surface area contributed by atoms with Gasteiger partial charge >= 0.3 is 0 Å². The van der Waals surface area contributed by atoms with Crippen LogP contribution in [-0.2, 0) is 11.2 Å². The Kier molecular flexibility index (Phi) is 12.2. The molecule has 2 N–H and O–H groups in total. The molecule has 1 aliphatic rings. The summed E-state index contributed by atoms with van der Waals surface area (Å²) < 4.78 is 0. The van der Waals surface area contributed by atoms with Crippen LogP contribution in [0.15, 0.2) is 35.3 Å². The molecule has 0 spiro atoms. The molecule has 1 heterocycles. The number of nitrogens with zero attached hydrogens (tertiary/aromatic N) is 3. The average Bonchev–Trinajstić information content (AvgIpc) is 3.06. The fraction of sp³-hybridized carbons (Fsp3) is 0.636. The van der Waals surface area contributed by atoms with Crippen molar-refractivity contribution in [2.75, 3.05) is 46.3 Å². The maximum absolute atomic E-state index is 12.3. The van der Waals surface area contributed by atoms with E-state index in [0.717, 1.165) is 51.6 Å². The van der Waals surface area contributed by atoms with Gasteiger partial charge in [-0.2, -0.15) is 0 Å². The van der Waals surface area contributed by atoms with Crippen LogP contribution >= 0.6 is 24.0 Å². The number of nitrogens with one attached hydrogen (secondary N) is 2. The molecule has 1 aromatic rings. The number of hydrogen-bond donors (Lipinski definition) is 2. The number of rotatable bonds is 10. The Hall–Kier alpha value is -1.35. The van der Waals surface area contributed by atoms with E-state index in [2.05, 4.69) is 53.4 Å². The van der Waals surface area contributed by atoms with Crippen LogP contribution < -0.4 is 10.6 Å². The molecule has 1 atom stereocenters. The van der Waals surface area contributed by atoms with Crippen molar-refractivity contribution >= 4 is 35.8 Å². The van der Waals surface area contributed by atoms with Crippen molar-refractivity contribution in [2.45, 2.75) is 39.7 Å². The van der Waals surface area contributed by atoms with Gasteiger partial charge in [-0.15, -0.1) is 24.0 Å². The molecular formula is C22H38IN5O. The van der Waals surface area contributed by atoms with Gasteiger partial charge in [0, 0.05) is 58.2 Å².